The van der Waals surface area contributed by atoms with Crippen molar-refractivity contribution in [2.24, 2.45) is 0 Å². The van der Waals surface area contributed by atoms with Crippen LogP contribution in [0.4, 0.5) is 13.2 Å². The highest BCUT2D eigenvalue weighted by Crippen LogP contribution is 2.35. The second-order valence-corrected chi connectivity index (χ2v) is 7.57. The van der Waals surface area contributed by atoms with Crippen molar-refractivity contribution in [3.8, 4) is 11.1 Å². The lowest BCUT2D eigenvalue weighted by Crippen LogP contribution is -2.21. The zero-order chi connectivity index (χ0) is 21.0. The van der Waals surface area contributed by atoms with E-state index in [0.717, 1.165) is 17.2 Å². The van der Waals surface area contributed by atoms with Crippen LogP contribution in [-0.4, -0.2) is 20.4 Å². The fourth-order valence-corrected chi connectivity index (χ4v) is 4.15. The molecule has 0 N–H and O–H groups in total. The number of halogens is 3. The van der Waals surface area contributed by atoms with Gasteiger partial charge >= 0.3 is 0 Å². The summed E-state index contributed by atoms with van der Waals surface area (Å²) in [5.41, 5.74) is 4.24. The maximum atomic E-state index is 13.7. The molecule has 1 atom stereocenters. The van der Waals surface area contributed by atoms with E-state index in [9.17, 15) is 18.0 Å². The highest BCUT2D eigenvalue weighted by Gasteiger charge is 2.29. The molecule has 4 aromatic rings. The molecule has 2 aromatic heterocycles. The van der Waals surface area contributed by atoms with Gasteiger partial charge in [0.2, 0.25) is 0 Å². The number of ketones is 1. The van der Waals surface area contributed by atoms with Crippen LogP contribution in [0.15, 0.2) is 48.7 Å². The Morgan fingerprint density at radius 1 is 0.967 bits per heavy atom. The van der Waals surface area contributed by atoms with Gasteiger partial charge in [-0.2, -0.15) is 5.10 Å². The van der Waals surface area contributed by atoms with E-state index in [4.69, 9.17) is 4.98 Å². The highest BCUT2D eigenvalue weighted by atomic mass is 19.1. The van der Waals surface area contributed by atoms with E-state index in [1.807, 2.05) is 6.92 Å². The number of aryl methyl sites for hydroxylation is 1. The predicted molar refractivity (Wildman–Crippen MR) is 105 cm³/mol. The van der Waals surface area contributed by atoms with Crippen molar-refractivity contribution in [2.75, 3.05) is 0 Å². The molecular weight excluding hydrogens is 391 g/mol. The molecule has 0 saturated carbocycles. The fourth-order valence-electron chi connectivity index (χ4n) is 4.15. The van der Waals surface area contributed by atoms with E-state index in [1.54, 1.807) is 22.8 Å². The molecular formula is C23H16F3N3O. The Morgan fingerprint density at radius 3 is 2.37 bits per heavy atom. The molecule has 2 aromatic carbocycles. The maximum absolute atomic E-state index is 13.7. The van der Waals surface area contributed by atoms with Crippen molar-refractivity contribution in [2.45, 2.75) is 25.7 Å². The molecule has 30 heavy (non-hydrogen) atoms. The van der Waals surface area contributed by atoms with E-state index < -0.39 is 11.6 Å². The van der Waals surface area contributed by atoms with Gasteiger partial charge in [-0.3, -0.25) is 4.79 Å². The SMILES string of the molecule is Cc1nn2cc3c(nc2c1-c1ccc(F)cc1)CC(c1cc(F)cc(F)c1)CC3=O. The summed E-state index contributed by atoms with van der Waals surface area (Å²) in [4.78, 5) is 17.5. The number of rotatable bonds is 2. The van der Waals surface area contributed by atoms with Gasteiger partial charge in [-0.25, -0.2) is 22.7 Å². The third-order valence-corrected chi connectivity index (χ3v) is 5.52. The standard InChI is InChI=1S/C23H16F3N3O/c1-12-22(13-2-4-16(24)5-3-13)23-27-20-8-15(14-6-17(25)10-18(26)7-14)9-21(30)19(20)11-29(23)28-12/h2-7,10-11,15H,8-9H2,1H3. The Kier molecular flexibility index (Phi) is 4.20. The van der Waals surface area contributed by atoms with Crippen LogP contribution in [0.1, 0.15) is 39.6 Å². The Balaban J connectivity index is 1.63. The molecule has 0 fully saturated rings. The van der Waals surface area contributed by atoms with Crippen LogP contribution < -0.4 is 0 Å². The fraction of sp³-hybridized carbons (Fsp3) is 0.174. The second kappa shape index (κ2) is 6.79. The van der Waals surface area contributed by atoms with E-state index in [2.05, 4.69) is 5.10 Å². The van der Waals surface area contributed by atoms with Gasteiger partial charge in [-0.05, 0) is 54.7 Å². The van der Waals surface area contributed by atoms with E-state index in [0.29, 0.717) is 34.6 Å². The molecule has 5 rings (SSSR count). The lowest BCUT2D eigenvalue weighted by molar-refractivity contribution is 0.0962. The van der Waals surface area contributed by atoms with Gasteiger partial charge in [-0.15, -0.1) is 0 Å². The van der Waals surface area contributed by atoms with Crippen molar-refractivity contribution in [3.05, 3.63) is 88.6 Å². The van der Waals surface area contributed by atoms with Gasteiger partial charge in [-0.1, -0.05) is 12.1 Å². The van der Waals surface area contributed by atoms with Crippen LogP contribution in [0, 0.1) is 24.4 Å². The summed E-state index contributed by atoms with van der Waals surface area (Å²) in [6, 6.07) is 9.39. The minimum atomic E-state index is -0.670. The molecule has 0 amide bonds. The number of hydrogen-bond donors (Lipinski definition) is 0. The lowest BCUT2D eigenvalue weighted by Gasteiger charge is -2.23. The highest BCUT2D eigenvalue weighted by molar-refractivity contribution is 5.99. The molecule has 1 unspecified atom stereocenters. The topological polar surface area (TPSA) is 47.3 Å². The third kappa shape index (κ3) is 3.07. The second-order valence-electron chi connectivity index (χ2n) is 7.57. The normalized spacial score (nSPS) is 16.1. The molecule has 150 valence electrons. The largest absolute Gasteiger partial charge is 0.294 e. The number of nitrogens with zero attached hydrogens (tertiary/aromatic N) is 3. The molecule has 2 heterocycles. The minimum Gasteiger partial charge on any atom is -0.294 e. The Hall–Kier alpha value is -3.48. The number of aromatic nitrogens is 3. The van der Waals surface area contributed by atoms with Crippen molar-refractivity contribution in [3.63, 3.8) is 0 Å². The van der Waals surface area contributed by atoms with Crippen molar-refractivity contribution in [1.82, 2.24) is 14.6 Å². The summed E-state index contributed by atoms with van der Waals surface area (Å²) in [6.45, 7) is 1.83. The van der Waals surface area contributed by atoms with Crippen LogP contribution in [0.25, 0.3) is 16.8 Å². The number of fused-ring (bicyclic) bond motifs is 2. The zero-order valence-corrected chi connectivity index (χ0v) is 16.0. The summed E-state index contributed by atoms with van der Waals surface area (Å²) in [7, 11) is 0. The molecule has 0 radical (unpaired) electrons. The Bertz CT molecular complexity index is 1290. The van der Waals surface area contributed by atoms with Crippen molar-refractivity contribution in [1.29, 1.82) is 0 Å². The first kappa shape index (κ1) is 18.5. The summed E-state index contributed by atoms with van der Waals surface area (Å²) < 4.78 is 42.3. The average Bonchev–Trinajstić information content (AvgIpc) is 3.01. The smallest absolute Gasteiger partial charge is 0.166 e. The summed E-state index contributed by atoms with van der Waals surface area (Å²) in [6.07, 6.45) is 2.18. The maximum Gasteiger partial charge on any atom is 0.166 e. The first-order valence-corrected chi connectivity index (χ1v) is 9.53. The Morgan fingerprint density at radius 2 is 1.67 bits per heavy atom. The molecule has 0 aliphatic heterocycles. The number of Topliss-reactive ketones (excluding diaryl/α,β-unsaturated/α-hetero) is 1. The van der Waals surface area contributed by atoms with Gasteiger partial charge in [0.15, 0.2) is 11.4 Å². The summed E-state index contributed by atoms with van der Waals surface area (Å²) in [5, 5.41) is 4.46. The first-order valence-electron chi connectivity index (χ1n) is 9.53. The molecule has 0 bridgehead atoms. The van der Waals surface area contributed by atoms with E-state index in [-0.39, 0.29) is 23.9 Å². The van der Waals surface area contributed by atoms with Crippen LogP contribution in [0.3, 0.4) is 0 Å². The van der Waals surface area contributed by atoms with Gasteiger partial charge < -0.3 is 0 Å². The van der Waals surface area contributed by atoms with E-state index >= 15 is 0 Å². The van der Waals surface area contributed by atoms with Crippen LogP contribution in [-0.2, 0) is 6.42 Å². The molecule has 4 nitrogen and oxygen atoms in total. The van der Waals surface area contributed by atoms with Crippen LogP contribution in [0.5, 0.6) is 0 Å². The molecule has 0 spiro atoms. The Labute approximate surface area is 170 Å². The molecule has 0 saturated heterocycles. The van der Waals surface area contributed by atoms with Gasteiger partial charge in [0.25, 0.3) is 0 Å². The zero-order valence-electron chi connectivity index (χ0n) is 16.0. The molecule has 1 aliphatic rings. The van der Waals surface area contributed by atoms with Gasteiger partial charge in [0.05, 0.1) is 17.0 Å². The first-order chi connectivity index (χ1) is 14.4. The quantitative estimate of drug-likeness (QED) is 0.468. The number of benzene rings is 2. The molecule has 7 heteroatoms. The van der Waals surface area contributed by atoms with E-state index in [1.165, 1.54) is 24.3 Å². The number of carbonyl (C=O) groups is 1. The van der Waals surface area contributed by atoms with Gasteiger partial charge in [0, 0.05) is 24.2 Å². The van der Waals surface area contributed by atoms with Crippen molar-refractivity contribution >= 4 is 11.4 Å². The molecule has 1 aliphatic carbocycles. The van der Waals surface area contributed by atoms with Crippen molar-refractivity contribution < 1.29 is 18.0 Å². The average molecular weight is 407 g/mol. The monoisotopic (exact) mass is 407 g/mol. The lowest BCUT2D eigenvalue weighted by atomic mass is 9.82. The predicted octanol–water partition coefficient (Wildman–Crippen LogP) is 5.03. The van der Waals surface area contributed by atoms with Gasteiger partial charge in [0.1, 0.15) is 17.5 Å². The summed E-state index contributed by atoms with van der Waals surface area (Å²) in [5.74, 6) is -2.18. The number of hydrogen-bond acceptors (Lipinski definition) is 3. The minimum absolute atomic E-state index is 0.142. The summed E-state index contributed by atoms with van der Waals surface area (Å²) >= 11 is 0. The number of carbonyl (C=O) groups excluding carboxylic acids is 1. The third-order valence-electron chi connectivity index (χ3n) is 5.52. The van der Waals surface area contributed by atoms with Crippen LogP contribution in [0.2, 0.25) is 0 Å². The van der Waals surface area contributed by atoms with Crippen LogP contribution >= 0.6 is 0 Å².